The Morgan fingerprint density at radius 2 is 1.43 bits per heavy atom. The molecule has 0 N–H and O–H groups in total. The summed E-state index contributed by atoms with van der Waals surface area (Å²) in [6.45, 7) is 2.85. The second-order valence-electron chi connectivity index (χ2n) is 9.09. The molecule has 164 valence electrons. The Morgan fingerprint density at radius 1 is 0.821 bits per heavy atom. The second-order valence-corrected chi connectivity index (χ2v) is 9.09. The first-order chi connectivity index (χ1) is 13.0. The van der Waals surface area contributed by atoms with Crippen molar-refractivity contribution < 1.29 is 35.8 Å². The van der Waals surface area contributed by atoms with Crippen LogP contribution in [0.2, 0.25) is 0 Å². The molecule has 0 aliphatic heterocycles. The van der Waals surface area contributed by atoms with Crippen molar-refractivity contribution in [1.82, 2.24) is 0 Å². The molecule has 3 rings (SSSR count). The van der Waals surface area contributed by atoms with Crippen LogP contribution in [-0.2, 0) is 9.47 Å². The maximum Gasteiger partial charge on any atom is 0.426 e. The first kappa shape index (κ1) is 22.2. The molecule has 28 heavy (non-hydrogen) atoms. The van der Waals surface area contributed by atoms with Gasteiger partial charge in [-0.3, -0.25) is 0 Å². The zero-order chi connectivity index (χ0) is 20.7. The molecule has 0 radical (unpaired) electrons. The number of alkyl halides is 6. The van der Waals surface area contributed by atoms with Crippen LogP contribution in [0.15, 0.2) is 0 Å². The van der Waals surface area contributed by atoms with Gasteiger partial charge in [-0.1, -0.05) is 33.1 Å². The second kappa shape index (κ2) is 7.97. The van der Waals surface area contributed by atoms with E-state index in [9.17, 15) is 26.3 Å². The standard InChI is InChI=1S/C20H30F6O2/c1-12-13(2)16-8-15(12)9-17(16)18(19(21,22)23,20(24,25)26)28-11-27-10-14-6-4-3-5-7-14/h12-17H,3-11H2,1-2H3. The van der Waals surface area contributed by atoms with Gasteiger partial charge < -0.3 is 9.47 Å². The molecule has 3 aliphatic rings. The van der Waals surface area contributed by atoms with Crippen molar-refractivity contribution in [2.75, 3.05) is 13.4 Å². The lowest BCUT2D eigenvalue weighted by Crippen LogP contribution is -2.65. The van der Waals surface area contributed by atoms with E-state index in [2.05, 4.69) is 0 Å². The maximum atomic E-state index is 14.0. The molecule has 0 saturated heterocycles. The summed E-state index contributed by atoms with van der Waals surface area (Å²) in [4.78, 5) is 0. The van der Waals surface area contributed by atoms with Crippen LogP contribution in [-0.4, -0.2) is 31.4 Å². The highest BCUT2D eigenvalue weighted by Gasteiger charge is 2.78. The van der Waals surface area contributed by atoms with Crippen LogP contribution < -0.4 is 0 Å². The molecular weight excluding hydrogens is 386 g/mol. The summed E-state index contributed by atoms with van der Waals surface area (Å²) in [5.41, 5.74) is -4.15. The smallest absolute Gasteiger partial charge is 0.355 e. The van der Waals surface area contributed by atoms with Gasteiger partial charge in [0.15, 0.2) is 0 Å². The number of halogens is 6. The van der Waals surface area contributed by atoms with Gasteiger partial charge in [0, 0.05) is 5.92 Å². The fourth-order valence-electron chi connectivity index (χ4n) is 5.96. The molecule has 3 saturated carbocycles. The summed E-state index contributed by atoms with van der Waals surface area (Å²) in [6.07, 6.45) is -5.84. The Hall–Kier alpha value is -0.500. The molecule has 0 spiro atoms. The van der Waals surface area contributed by atoms with E-state index in [-0.39, 0.29) is 36.7 Å². The Bertz CT molecular complexity index is 510. The fraction of sp³-hybridized carbons (Fsp3) is 1.00. The molecule has 0 aromatic carbocycles. The predicted octanol–water partition coefficient (Wildman–Crippen LogP) is 6.35. The molecule has 3 fully saturated rings. The third-order valence-corrected chi connectivity index (χ3v) is 7.71. The van der Waals surface area contributed by atoms with E-state index in [1.807, 2.05) is 6.92 Å². The molecule has 3 aliphatic carbocycles. The highest BCUT2D eigenvalue weighted by molar-refractivity contribution is 5.10. The van der Waals surface area contributed by atoms with Gasteiger partial charge in [0.05, 0.1) is 6.61 Å². The van der Waals surface area contributed by atoms with Crippen LogP contribution in [0.1, 0.15) is 58.8 Å². The monoisotopic (exact) mass is 416 g/mol. The van der Waals surface area contributed by atoms with Gasteiger partial charge >= 0.3 is 12.4 Å². The van der Waals surface area contributed by atoms with E-state index >= 15 is 0 Å². The third-order valence-electron chi connectivity index (χ3n) is 7.71. The average Bonchev–Trinajstić information content (AvgIpc) is 3.14. The van der Waals surface area contributed by atoms with Crippen molar-refractivity contribution in [1.29, 1.82) is 0 Å². The Labute approximate surface area is 162 Å². The lowest BCUT2D eigenvalue weighted by Gasteiger charge is -2.46. The van der Waals surface area contributed by atoms with Crippen LogP contribution in [0, 0.1) is 35.5 Å². The van der Waals surface area contributed by atoms with Gasteiger partial charge in [-0.25, -0.2) is 0 Å². The summed E-state index contributed by atoms with van der Waals surface area (Å²) in [5, 5.41) is 0. The van der Waals surface area contributed by atoms with Gasteiger partial charge in [0.25, 0.3) is 5.60 Å². The molecule has 0 heterocycles. The molecular formula is C20H30F6O2. The largest absolute Gasteiger partial charge is 0.426 e. The third kappa shape index (κ3) is 3.80. The Balaban J connectivity index is 1.75. The molecule has 0 amide bonds. The maximum absolute atomic E-state index is 14.0. The SMILES string of the molecule is CC1C2CC(C1C)C(C(OCOCC1CCCCC1)(C(F)(F)F)C(F)(F)F)C2. The van der Waals surface area contributed by atoms with Crippen molar-refractivity contribution in [2.24, 2.45) is 35.5 Å². The first-order valence-electron chi connectivity index (χ1n) is 10.3. The molecule has 5 unspecified atom stereocenters. The van der Waals surface area contributed by atoms with E-state index in [0.29, 0.717) is 6.42 Å². The lowest BCUT2D eigenvalue weighted by atomic mass is 9.68. The normalized spacial score (nSPS) is 34.9. The summed E-state index contributed by atoms with van der Waals surface area (Å²) < 4.78 is 93.6. The molecule has 2 bridgehead atoms. The quantitative estimate of drug-likeness (QED) is 0.285. The van der Waals surface area contributed by atoms with Crippen LogP contribution in [0.5, 0.6) is 0 Å². The van der Waals surface area contributed by atoms with Gasteiger partial charge in [-0.2, -0.15) is 26.3 Å². The molecule has 0 aromatic heterocycles. The minimum atomic E-state index is -5.54. The van der Waals surface area contributed by atoms with Crippen molar-refractivity contribution in [2.45, 2.75) is 76.7 Å². The Kier molecular flexibility index (Phi) is 6.32. The lowest BCUT2D eigenvalue weighted by molar-refractivity contribution is -0.414. The predicted molar refractivity (Wildman–Crippen MR) is 91.4 cm³/mol. The minimum Gasteiger partial charge on any atom is -0.355 e. The number of hydrogen-bond donors (Lipinski definition) is 0. The summed E-state index contributed by atoms with van der Waals surface area (Å²) in [6, 6.07) is 0. The van der Waals surface area contributed by atoms with Gasteiger partial charge in [0.2, 0.25) is 0 Å². The van der Waals surface area contributed by atoms with E-state index in [0.717, 1.165) is 32.1 Å². The highest BCUT2D eigenvalue weighted by atomic mass is 19.4. The highest BCUT2D eigenvalue weighted by Crippen LogP contribution is 2.64. The van der Waals surface area contributed by atoms with Crippen molar-refractivity contribution in [3.63, 3.8) is 0 Å². The van der Waals surface area contributed by atoms with E-state index in [1.54, 1.807) is 6.92 Å². The molecule has 2 nitrogen and oxygen atoms in total. The molecule has 8 heteroatoms. The Morgan fingerprint density at radius 3 is 1.93 bits per heavy atom. The molecule has 5 atom stereocenters. The average molecular weight is 416 g/mol. The van der Waals surface area contributed by atoms with Crippen molar-refractivity contribution in [3.8, 4) is 0 Å². The molecule has 0 aromatic rings. The topological polar surface area (TPSA) is 18.5 Å². The van der Waals surface area contributed by atoms with Gasteiger partial charge in [0.1, 0.15) is 6.79 Å². The summed E-state index contributed by atoms with van der Waals surface area (Å²) in [5.74, 6) is -2.21. The first-order valence-corrected chi connectivity index (χ1v) is 10.3. The van der Waals surface area contributed by atoms with E-state index < -0.39 is 36.6 Å². The number of rotatable bonds is 6. The minimum absolute atomic E-state index is 0.0994. The number of ether oxygens (including phenoxy) is 2. The van der Waals surface area contributed by atoms with Crippen LogP contribution in [0.3, 0.4) is 0 Å². The number of hydrogen-bond acceptors (Lipinski definition) is 2. The van der Waals surface area contributed by atoms with Crippen LogP contribution in [0.4, 0.5) is 26.3 Å². The zero-order valence-electron chi connectivity index (χ0n) is 16.4. The van der Waals surface area contributed by atoms with Crippen molar-refractivity contribution in [3.05, 3.63) is 0 Å². The van der Waals surface area contributed by atoms with Crippen LogP contribution >= 0.6 is 0 Å². The van der Waals surface area contributed by atoms with E-state index in [4.69, 9.17) is 9.47 Å². The summed E-state index contributed by atoms with van der Waals surface area (Å²) >= 11 is 0. The fourth-order valence-corrected chi connectivity index (χ4v) is 5.96. The van der Waals surface area contributed by atoms with Gasteiger partial charge in [-0.15, -0.1) is 0 Å². The van der Waals surface area contributed by atoms with Gasteiger partial charge in [-0.05, 0) is 55.3 Å². The van der Waals surface area contributed by atoms with Crippen LogP contribution in [0.25, 0.3) is 0 Å². The van der Waals surface area contributed by atoms with E-state index in [1.165, 1.54) is 0 Å². The summed E-state index contributed by atoms with van der Waals surface area (Å²) in [7, 11) is 0. The van der Waals surface area contributed by atoms with Crippen molar-refractivity contribution >= 4 is 0 Å². The number of fused-ring (bicyclic) bond motifs is 2. The zero-order valence-corrected chi connectivity index (χ0v) is 16.4.